The van der Waals surface area contributed by atoms with Crippen LogP contribution in [-0.2, 0) is 6.18 Å². The topological polar surface area (TPSA) is 39.6 Å². The Labute approximate surface area is 136 Å². The fraction of sp³-hybridized carbons (Fsp3) is 0.533. The smallest absolute Gasteiger partial charge is 0.392 e. The zero-order chi connectivity index (χ0) is 16.6. The molecule has 0 amide bonds. The number of thiazole rings is 1. The number of nitrogens with zero attached hydrogens (tertiary/aromatic N) is 3. The molecular weight excluding hydrogens is 327 g/mol. The highest BCUT2D eigenvalue weighted by atomic mass is 32.1. The molecule has 0 saturated carbocycles. The van der Waals surface area contributed by atoms with Crippen molar-refractivity contribution in [2.75, 3.05) is 37.6 Å². The molecule has 2 aromatic rings. The molecule has 1 aromatic carbocycles. The van der Waals surface area contributed by atoms with Gasteiger partial charge in [0.2, 0.25) is 0 Å². The fourth-order valence-electron chi connectivity index (χ4n) is 2.72. The van der Waals surface area contributed by atoms with Crippen molar-refractivity contribution >= 4 is 26.7 Å². The van der Waals surface area contributed by atoms with E-state index in [1.807, 2.05) is 0 Å². The number of aliphatic hydroxyl groups excluding tert-OH is 1. The Morgan fingerprint density at radius 3 is 2.57 bits per heavy atom. The maximum atomic E-state index is 12.8. The number of aromatic nitrogens is 1. The van der Waals surface area contributed by atoms with Gasteiger partial charge in [0, 0.05) is 32.7 Å². The molecule has 0 bridgehead atoms. The molecule has 0 unspecified atom stereocenters. The van der Waals surface area contributed by atoms with E-state index in [-0.39, 0.29) is 6.10 Å². The third-order valence-corrected chi connectivity index (χ3v) is 4.97. The van der Waals surface area contributed by atoms with Gasteiger partial charge in [-0.05, 0) is 25.1 Å². The second-order valence-electron chi connectivity index (χ2n) is 5.81. The lowest BCUT2D eigenvalue weighted by molar-refractivity contribution is -0.137. The second kappa shape index (κ2) is 6.26. The SMILES string of the molecule is C[C@@H](O)CN1CCN(c2nc3cc(C(F)(F)F)ccc3s2)CC1. The molecule has 1 N–H and O–H groups in total. The van der Waals surface area contributed by atoms with Crippen molar-refractivity contribution in [3.63, 3.8) is 0 Å². The van der Waals surface area contributed by atoms with Gasteiger partial charge in [-0.25, -0.2) is 4.98 Å². The minimum absolute atomic E-state index is 0.357. The number of anilines is 1. The number of hydrogen-bond donors (Lipinski definition) is 1. The van der Waals surface area contributed by atoms with Crippen molar-refractivity contribution in [1.29, 1.82) is 0 Å². The van der Waals surface area contributed by atoms with Crippen LogP contribution >= 0.6 is 11.3 Å². The summed E-state index contributed by atoms with van der Waals surface area (Å²) in [6.45, 7) is 5.56. The summed E-state index contributed by atoms with van der Waals surface area (Å²) >= 11 is 1.42. The molecule has 0 radical (unpaired) electrons. The quantitative estimate of drug-likeness (QED) is 0.929. The van der Waals surface area contributed by atoms with Crippen LogP contribution in [0.2, 0.25) is 0 Å². The van der Waals surface area contributed by atoms with Crippen LogP contribution in [0.1, 0.15) is 12.5 Å². The lowest BCUT2D eigenvalue weighted by atomic mass is 10.2. The summed E-state index contributed by atoms with van der Waals surface area (Å²) in [5.41, 5.74) is -0.269. The van der Waals surface area contributed by atoms with Crippen molar-refractivity contribution in [1.82, 2.24) is 9.88 Å². The summed E-state index contributed by atoms with van der Waals surface area (Å²) in [5, 5.41) is 10.2. The molecule has 1 aliphatic heterocycles. The van der Waals surface area contributed by atoms with E-state index in [1.165, 1.54) is 17.4 Å². The lowest BCUT2D eigenvalue weighted by Gasteiger charge is -2.35. The molecule has 0 spiro atoms. The molecule has 1 fully saturated rings. The zero-order valence-electron chi connectivity index (χ0n) is 12.7. The minimum atomic E-state index is -4.34. The van der Waals surface area contributed by atoms with Gasteiger partial charge in [0.25, 0.3) is 0 Å². The van der Waals surface area contributed by atoms with Gasteiger partial charge in [-0.1, -0.05) is 11.3 Å². The number of rotatable bonds is 3. The van der Waals surface area contributed by atoms with Crippen LogP contribution in [0.4, 0.5) is 18.3 Å². The van der Waals surface area contributed by atoms with Crippen molar-refractivity contribution < 1.29 is 18.3 Å². The number of β-amino-alcohol motifs (C(OH)–C–C–N with tert-alkyl or cyclic N) is 1. The predicted octanol–water partition coefficient (Wildman–Crippen LogP) is 2.82. The molecule has 1 aromatic heterocycles. The van der Waals surface area contributed by atoms with Gasteiger partial charge < -0.3 is 10.0 Å². The second-order valence-corrected chi connectivity index (χ2v) is 6.82. The Bertz CT molecular complexity index is 678. The number of fused-ring (bicyclic) bond motifs is 1. The Morgan fingerprint density at radius 2 is 1.96 bits per heavy atom. The van der Waals surface area contributed by atoms with Crippen LogP contribution < -0.4 is 4.90 Å². The first kappa shape index (κ1) is 16.5. The Morgan fingerprint density at radius 1 is 1.26 bits per heavy atom. The highest BCUT2D eigenvalue weighted by molar-refractivity contribution is 7.22. The first-order valence-electron chi connectivity index (χ1n) is 7.46. The van der Waals surface area contributed by atoms with E-state index in [1.54, 1.807) is 6.92 Å². The van der Waals surface area contributed by atoms with Crippen molar-refractivity contribution in [3.8, 4) is 0 Å². The highest BCUT2D eigenvalue weighted by Crippen LogP contribution is 2.35. The number of aliphatic hydroxyl groups is 1. The molecule has 1 aliphatic rings. The van der Waals surface area contributed by atoms with Gasteiger partial charge in [-0.15, -0.1) is 0 Å². The van der Waals surface area contributed by atoms with Crippen LogP contribution in [0, 0.1) is 0 Å². The number of piperazine rings is 1. The fourth-order valence-corrected chi connectivity index (χ4v) is 3.72. The molecule has 1 atom stereocenters. The zero-order valence-corrected chi connectivity index (χ0v) is 13.5. The van der Waals surface area contributed by atoms with Gasteiger partial charge in [0.15, 0.2) is 5.13 Å². The Balaban J connectivity index is 1.74. The maximum Gasteiger partial charge on any atom is 0.416 e. The van der Waals surface area contributed by atoms with E-state index in [9.17, 15) is 18.3 Å². The predicted molar refractivity (Wildman–Crippen MR) is 85.0 cm³/mol. The van der Waals surface area contributed by atoms with Gasteiger partial charge in [-0.2, -0.15) is 13.2 Å². The van der Waals surface area contributed by atoms with Crippen LogP contribution in [0.5, 0.6) is 0 Å². The Hall–Kier alpha value is -1.38. The molecule has 8 heteroatoms. The van der Waals surface area contributed by atoms with E-state index in [0.29, 0.717) is 12.1 Å². The minimum Gasteiger partial charge on any atom is -0.392 e. The molecule has 3 rings (SSSR count). The molecule has 4 nitrogen and oxygen atoms in total. The maximum absolute atomic E-state index is 12.8. The molecule has 2 heterocycles. The Kier molecular flexibility index (Phi) is 4.48. The molecular formula is C15H18F3N3OS. The summed E-state index contributed by atoms with van der Waals surface area (Å²) in [6.07, 6.45) is -4.70. The van der Waals surface area contributed by atoms with Gasteiger partial charge in [-0.3, -0.25) is 4.90 Å². The first-order chi connectivity index (χ1) is 10.8. The van der Waals surface area contributed by atoms with Crippen molar-refractivity contribution in [2.24, 2.45) is 0 Å². The van der Waals surface area contributed by atoms with E-state index in [4.69, 9.17) is 0 Å². The molecule has 0 aliphatic carbocycles. The van der Waals surface area contributed by atoms with Gasteiger partial charge in [0.1, 0.15) is 0 Å². The average Bonchev–Trinajstić information content (AvgIpc) is 2.89. The molecule has 126 valence electrons. The van der Waals surface area contributed by atoms with Crippen LogP contribution in [-0.4, -0.2) is 53.8 Å². The van der Waals surface area contributed by atoms with Crippen molar-refractivity contribution in [2.45, 2.75) is 19.2 Å². The van der Waals surface area contributed by atoms with Crippen LogP contribution in [0.15, 0.2) is 18.2 Å². The molecule has 23 heavy (non-hydrogen) atoms. The lowest BCUT2D eigenvalue weighted by Crippen LogP contribution is -2.48. The number of alkyl halides is 3. The summed E-state index contributed by atoms with van der Waals surface area (Å²) in [5.74, 6) is 0. The van der Waals surface area contributed by atoms with E-state index >= 15 is 0 Å². The standard InChI is InChI=1S/C15H18F3N3OS/c1-10(22)9-20-4-6-21(7-5-20)14-19-12-8-11(15(16,17)18)2-3-13(12)23-14/h2-3,8,10,22H,4-7,9H2,1H3/t10-/m1/s1. The highest BCUT2D eigenvalue weighted by Gasteiger charge is 2.31. The monoisotopic (exact) mass is 345 g/mol. The first-order valence-corrected chi connectivity index (χ1v) is 8.28. The summed E-state index contributed by atoms with van der Waals surface area (Å²) < 4.78 is 39.1. The van der Waals surface area contributed by atoms with E-state index < -0.39 is 11.7 Å². The van der Waals surface area contributed by atoms with Crippen LogP contribution in [0.3, 0.4) is 0 Å². The van der Waals surface area contributed by atoms with Crippen LogP contribution in [0.25, 0.3) is 10.2 Å². The van der Waals surface area contributed by atoms with Gasteiger partial charge >= 0.3 is 6.18 Å². The summed E-state index contributed by atoms with van der Waals surface area (Å²) in [6, 6.07) is 3.70. The number of hydrogen-bond acceptors (Lipinski definition) is 5. The summed E-state index contributed by atoms with van der Waals surface area (Å²) in [7, 11) is 0. The third kappa shape index (κ3) is 3.76. The van der Waals surface area contributed by atoms with E-state index in [0.717, 1.165) is 48.1 Å². The normalized spacial score (nSPS) is 18.6. The summed E-state index contributed by atoms with van der Waals surface area (Å²) in [4.78, 5) is 8.64. The van der Waals surface area contributed by atoms with Crippen molar-refractivity contribution in [3.05, 3.63) is 23.8 Å². The molecule has 1 saturated heterocycles. The van der Waals surface area contributed by atoms with Gasteiger partial charge in [0.05, 0.1) is 21.9 Å². The number of benzene rings is 1. The average molecular weight is 345 g/mol. The third-order valence-electron chi connectivity index (χ3n) is 3.87. The largest absolute Gasteiger partial charge is 0.416 e. The number of halogens is 3. The van der Waals surface area contributed by atoms with E-state index in [2.05, 4.69) is 14.8 Å².